The standard InChI is InChI=1S/C25H19NO/c1-18-11-13-21(14-12-18)25-16-15-20-9-5-6-10-22(20)26(25)23(17-24(25)27)19-7-3-2-4-8-19/h2-17H,1H3. The molecule has 0 N–H and O–H groups in total. The fourth-order valence-corrected chi connectivity index (χ4v) is 4.11. The van der Waals surface area contributed by atoms with Crippen LogP contribution in [0.4, 0.5) is 5.69 Å². The Balaban J connectivity index is 1.78. The van der Waals surface area contributed by atoms with Gasteiger partial charge < -0.3 is 4.90 Å². The molecular weight excluding hydrogens is 330 g/mol. The molecule has 5 rings (SSSR count). The summed E-state index contributed by atoms with van der Waals surface area (Å²) in [4.78, 5) is 15.6. The average molecular weight is 349 g/mol. The van der Waals surface area contributed by atoms with E-state index in [9.17, 15) is 4.79 Å². The van der Waals surface area contributed by atoms with E-state index in [4.69, 9.17) is 0 Å². The molecule has 2 nitrogen and oxygen atoms in total. The molecule has 2 heteroatoms. The second-order valence-electron chi connectivity index (χ2n) is 7.12. The Hall–Kier alpha value is -3.39. The number of rotatable bonds is 2. The van der Waals surface area contributed by atoms with Crippen LogP contribution in [-0.2, 0) is 10.3 Å². The van der Waals surface area contributed by atoms with Crippen molar-refractivity contribution in [2.45, 2.75) is 12.5 Å². The number of carbonyl (C=O) groups excluding carboxylic acids is 1. The molecule has 2 aliphatic heterocycles. The van der Waals surface area contributed by atoms with E-state index in [0.717, 1.165) is 28.1 Å². The maximum absolute atomic E-state index is 13.4. The van der Waals surface area contributed by atoms with Crippen LogP contribution >= 0.6 is 0 Å². The summed E-state index contributed by atoms with van der Waals surface area (Å²) in [6.45, 7) is 2.06. The minimum absolute atomic E-state index is 0.0935. The number of hydrogen-bond donors (Lipinski definition) is 0. The van der Waals surface area contributed by atoms with Gasteiger partial charge in [-0.3, -0.25) is 4.79 Å². The average Bonchev–Trinajstić information content (AvgIpc) is 3.03. The zero-order valence-corrected chi connectivity index (χ0v) is 15.1. The van der Waals surface area contributed by atoms with Gasteiger partial charge in [0.15, 0.2) is 11.3 Å². The van der Waals surface area contributed by atoms with Gasteiger partial charge in [0.25, 0.3) is 0 Å². The van der Waals surface area contributed by atoms with Crippen LogP contribution in [0.15, 0.2) is 91.0 Å². The Bertz CT molecular complexity index is 1090. The molecule has 2 aliphatic rings. The lowest BCUT2D eigenvalue weighted by Crippen LogP contribution is -2.46. The van der Waals surface area contributed by atoms with Gasteiger partial charge in [-0.15, -0.1) is 0 Å². The molecule has 3 aromatic carbocycles. The molecule has 27 heavy (non-hydrogen) atoms. The van der Waals surface area contributed by atoms with Crippen molar-refractivity contribution in [3.63, 3.8) is 0 Å². The maximum atomic E-state index is 13.4. The molecule has 0 aromatic heterocycles. The molecule has 0 amide bonds. The van der Waals surface area contributed by atoms with E-state index >= 15 is 0 Å². The lowest BCUT2D eigenvalue weighted by Gasteiger charge is -2.42. The van der Waals surface area contributed by atoms with E-state index in [2.05, 4.69) is 72.5 Å². The van der Waals surface area contributed by atoms with Crippen molar-refractivity contribution in [3.8, 4) is 0 Å². The molecule has 0 aliphatic carbocycles. The van der Waals surface area contributed by atoms with E-state index < -0.39 is 5.54 Å². The quantitative estimate of drug-likeness (QED) is 0.622. The number of anilines is 1. The SMILES string of the molecule is Cc1ccc(C23C=Cc4ccccc4N2C(c2ccccc2)=CC3=O)cc1. The van der Waals surface area contributed by atoms with Gasteiger partial charge in [0, 0.05) is 11.8 Å². The van der Waals surface area contributed by atoms with Crippen LogP contribution < -0.4 is 4.90 Å². The minimum atomic E-state index is -0.826. The second-order valence-corrected chi connectivity index (χ2v) is 7.12. The lowest BCUT2D eigenvalue weighted by molar-refractivity contribution is -0.117. The normalized spacial score (nSPS) is 20.3. The first-order valence-corrected chi connectivity index (χ1v) is 9.17. The third kappa shape index (κ3) is 2.23. The highest BCUT2D eigenvalue weighted by Gasteiger charge is 2.50. The van der Waals surface area contributed by atoms with Crippen molar-refractivity contribution >= 4 is 23.2 Å². The number of hydrogen-bond acceptors (Lipinski definition) is 2. The third-order valence-corrected chi connectivity index (χ3v) is 5.48. The molecule has 0 saturated heterocycles. The minimum Gasteiger partial charge on any atom is -0.319 e. The fraction of sp³-hybridized carbons (Fsp3) is 0.0800. The first-order chi connectivity index (χ1) is 13.2. The van der Waals surface area contributed by atoms with Gasteiger partial charge in [-0.1, -0.05) is 84.4 Å². The molecule has 0 spiro atoms. The zero-order chi connectivity index (χ0) is 18.4. The summed E-state index contributed by atoms with van der Waals surface area (Å²) in [5, 5.41) is 0. The highest BCUT2D eigenvalue weighted by molar-refractivity contribution is 6.17. The van der Waals surface area contributed by atoms with Crippen molar-refractivity contribution < 1.29 is 4.79 Å². The first kappa shape index (κ1) is 15.8. The molecule has 0 saturated carbocycles. The Morgan fingerprint density at radius 1 is 0.815 bits per heavy atom. The van der Waals surface area contributed by atoms with E-state index in [-0.39, 0.29) is 5.78 Å². The van der Waals surface area contributed by atoms with Crippen LogP contribution in [0.5, 0.6) is 0 Å². The van der Waals surface area contributed by atoms with Crippen LogP contribution in [-0.4, -0.2) is 5.78 Å². The Morgan fingerprint density at radius 3 is 2.30 bits per heavy atom. The number of para-hydroxylation sites is 1. The molecular formula is C25H19NO. The largest absolute Gasteiger partial charge is 0.319 e. The number of nitrogens with zero attached hydrogens (tertiary/aromatic N) is 1. The van der Waals surface area contributed by atoms with Crippen LogP contribution in [0.25, 0.3) is 11.8 Å². The summed E-state index contributed by atoms with van der Waals surface area (Å²) < 4.78 is 0. The number of benzene rings is 3. The van der Waals surface area contributed by atoms with Crippen molar-refractivity contribution in [2.75, 3.05) is 4.90 Å². The maximum Gasteiger partial charge on any atom is 0.192 e. The van der Waals surface area contributed by atoms with Crippen LogP contribution in [0.1, 0.15) is 22.3 Å². The summed E-state index contributed by atoms with van der Waals surface area (Å²) in [7, 11) is 0. The smallest absolute Gasteiger partial charge is 0.192 e. The van der Waals surface area contributed by atoms with Crippen molar-refractivity contribution in [1.29, 1.82) is 0 Å². The van der Waals surface area contributed by atoms with Crippen LogP contribution in [0, 0.1) is 6.92 Å². The van der Waals surface area contributed by atoms with E-state index in [1.807, 2.05) is 30.3 Å². The number of carbonyl (C=O) groups is 1. The summed E-state index contributed by atoms with van der Waals surface area (Å²) in [5.41, 5.74) is 5.52. The topological polar surface area (TPSA) is 20.3 Å². The summed E-state index contributed by atoms with van der Waals surface area (Å²) in [6, 6.07) is 26.7. The van der Waals surface area contributed by atoms with Gasteiger partial charge in [0.1, 0.15) is 0 Å². The number of fused-ring (bicyclic) bond motifs is 3. The predicted molar refractivity (Wildman–Crippen MR) is 110 cm³/mol. The first-order valence-electron chi connectivity index (χ1n) is 9.17. The van der Waals surface area contributed by atoms with Crippen molar-refractivity contribution in [2.24, 2.45) is 0 Å². The Kier molecular flexibility index (Phi) is 3.41. The summed E-state index contributed by atoms with van der Waals surface area (Å²) in [5.74, 6) is 0.0935. The molecule has 3 aromatic rings. The van der Waals surface area contributed by atoms with Gasteiger partial charge in [-0.25, -0.2) is 0 Å². The van der Waals surface area contributed by atoms with Crippen LogP contribution in [0.2, 0.25) is 0 Å². The molecule has 0 radical (unpaired) electrons. The van der Waals surface area contributed by atoms with Crippen molar-refractivity contribution in [3.05, 3.63) is 113 Å². The fourth-order valence-electron chi connectivity index (χ4n) is 4.11. The van der Waals surface area contributed by atoms with Gasteiger partial charge in [0.05, 0.1) is 5.70 Å². The summed E-state index contributed by atoms with van der Waals surface area (Å²) >= 11 is 0. The molecule has 1 atom stereocenters. The third-order valence-electron chi connectivity index (χ3n) is 5.48. The van der Waals surface area contributed by atoms with Gasteiger partial charge in [-0.2, -0.15) is 0 Å². The Morgan fingerprint density at radius 2 is 1.52 bits per heavy atom. The highest BCUT2D eigenvalue weighted by Crippen LogP contribution is 2.50. The van der Waals surface area contributed by atoms with Crippen LogP contribution in [0.3, 0.4) is 0 Å². The monoisotopic (exact) mass is 349 g/mol. The second kappa shape index (κ2) is 5.82. The van der Waals surface area contributed by atoms with E-state index in [1.54, 1.807) is 6.08 Å². The molecule has 2 heterocycles. The van der Waals surface area contributed by atoms with Gasteiger partial charge in [-0.05, 0) is 35.8 Å². The lowest BCUT2D eigenvalue weighted by atomic mass is 9.82. The molecule has 1 unspecified atom stereocenters. The Labute approximate surface area is 159 Å². The number of ketones is 1. The van der Waals surface area contributed by atoms with E-state index in [0.29, 0.717) is 0 Å². The molecule has 130 valence electrons. The zero-order valence-electron chi connectivity index (χ0n) is 15.1. The molecule has 0 fully saturated rings. The number of aryl methyl sites for hydroxylation is 1. The van der Waals surface area contributed by atoms with Crippen molar-refractivity contribution in [1.82, 2.24) is 0 Å². The molecule has 0 bridgehead atoms. The predicted octanol–water partition coefficient (Wildman–Crippen LogP) is 5.35. The van der Waals surface area contributed by atoms with Gasteiger partial charge in [0.2, 0.25) is 0 Å². The highest BCUT2D eigenvalue weighted by atomic mass is 16.1. The van der Waals surface area contributed by atoms with E-state index in [1.165, 1.54) is 5.56 Å². The van der Waals surface area contributed by atoms with Gasteiger partial charge >= 0.3 is 0 Å². The summed E-state index contributed by atoms with van der Waals surface area (Å²) in [6.07, 6.45) is 5.92.